The van der Waals surface area contributed by atoms with Gasteiger partial charge in [0.2, 0.25) is 0 Å². The van der Waals surface area contributed by atoms with Crippen LogP contribution in [0.25, 0.3) is 60.8 Å². The predicted molar refractivity (Wildman–Crippen MR) is 138 cm³/mol. The molecule has 5 nitrogen and oxygen atoms in total. The summed E-state index contributed by atoms with van der Waals surface area (Å²) in [5, 5.41) is 4.54. The van der Waals surface area contributed by atoms with Gasteiger partial charge in [0.05, 0.1) is 12.6 Å². The minimum atomic E-state index is 0.833. The van der Waals surface area contributed by atoms with Crippen molar-refractivity contribution in [2.24, 2.45) is 0 Å². The number of fused-ring (bicyclic) bond motifs is 6. The standard InChI is InChI=1S/C29H20N4O/c1-34-19-15-13-18(14-16-19)25-26-20-8-2-4-10-22(20)31-28(26)32-29-27(25)21-9-3-5-11-23(21)33(29)24-12-6-7-17-30-24/h2-17H,1H3,(H,31,32). The molecule has 0 atom stereocenters. The van der Waals surface area contributed by atoms with Gasteiger partial charge in [-0.1, -0.05) is 54.6 Å². The van der Waals surface area contributed by atoms with E-state index >= 15 is 0 Å². The van der Waals surface area contributed by atoms with E-state index < -0.39 is 0 Å². The molecule has 0 aliphatic rings. The van der Waals surface area contributed by atoms with E-state index in [2.05, 4.69) is 69.1 Å². The predicted octanol–water partition coefficient (Wildman–Crippen LogP) is 6.88. The summed E-state index contributed by atoms with van der Waals surface area (Å²) in [6.07, 6.45) is 1.82. The lowest BCUT2D eigenvalue weighted by atomic mass is 9.96. The normalized spacial score (nSPS) is 11.7. The van der Waals surface area contributed by atoms with E-state index in [1.807, 2.05) is 42.6 Å². The lowest BCUT2D eigenvalue weighted by molar-refractivity contribution is 0.415. The van der Waals surface area contributed by atoms with Gasteiger partial charge in [-0.05, 0) is 42.0 Å². The summed E-state index contributed by atoms with van der Waals surface area (Å²) in [5.74, 6) is 1.68. The molecular weight excluding hydrogens is 420 g/mol. The number of benzene rings is 3. The molecule has 4 heterocycles. The molecule has 0 saturated heterocycles. The Kier molecular flexibility index (Phi) is 3.99. The van der Waals surface area contributed by atoms with E-state index in [0.29, 0.717) is 0 Å². The maximum absolute atomic E-state index is 5.44. The second-order valence-electron chi connectivity index (χ2n) is 8.35. The number of pyridine rings is 2. The first kappa shape index (κ1) is 18.9. The largest absolute Gasteiger partial charge is 0.497 e. The van der Waals surface area contributed by atoms with Gasteiger partial charge in [0.25, 0.3) is 0 Å². The second kappa shape index (κ2) is 7.18. The summed E-state index contributed by atoms with van der Waals surface area (Å²) in [5.41, 5.74) is 6.17. The molecule has 0 unspecified atom stereocenters. The van der Waals surface area contributed by atoms with Gasteiger partial charge >= 0.3 is 0 Å². The molecule has 0 spiro atoms. The Labute approximate surface area is 195 Å². The quantitative estimate of drug-likeness (QED) is 0.326. The van der Waals surface area contributed by atoms with E-state index in [4.69, 9.17) is 9.72 Å². The van der Waals surface area contributed by atoms with E-state index in [0.717, 1.165) is 66.6 Å². The molecule has 0 aliphatic heterocycles. The first-order valence-corrected chi connectivity index (χ1v) is 11.2. The highest BCUT2D eigenvalue weighted by atomic mass is 16.5. The van der Waals surface area contributed by atoms with Crippen LogP contribution in [-0.4, -0.2) is 26.6 Å². The fourth-order valence-electron chi connectivity index (χ4n) is 5.04. The molecule has 1 N–H and O–H groups in total. The van der Waals surface area contributed by atoms with Gasteiger partial charge in [0, 0.05) is 38.8 Å². The maximum atomic E-state index is 5.44. The number of aromatic nitrogens is 4. The number of hydrogen-bond donors (Lipinski definition) is 1. The molecule has 0 radical (unpaired) electrons. The Morgan fingerprint density at radius 3 is 2.32 bits per heavy atom. The van der Waals surface area contributed by atoms with Gasteiger partial charge in [-0.15, -0.1) is 0 Å². The maximum Gasteiger partial charge on any atom is 0.149 e. The van der Waals surface area contributed by atoms with Crippen LogP contribution in [0.15, 0.2) is 97.2 Å². The van der Waals surface area contributed by atoms with Crippen LogP contribution in [0.1, 0.15) is 0 Å². The van der Waals surface area contributed by atoms with Gasteiger partial charge < -0.3 is 9.72 Å². The number of H-pyrrole nitrogens is 1. The highest BCUT2D eigenvalue weighted by Crippen LogP contribution is 2.43. The van der Waals surface area contributed by atoms with Crippen LogP contribution in [0.4, 0.5) is 0 Å². The van der Waals surface area contributed by atoms with Crippen molar-refractivity contribution in [3.05, 3.63) is 97.2 Å². The van der Waals surface area contributed by atoms with E-state index in [1.165, 1.54) is 0 Å². The zero-order chi connectivity index (χ0) is 22.6. The summed E-state index contributed by atoms with van der Waals surface area (Å²) in [6, 6.07) is 31.1. The Hall–Kier alpha value is -4.64. The number of aromatic amines is 1. The van der Waals surface area contributed by atoms with Crippen molar-refractivity contribution < 1.29 is 4.74 Å². The van der Waals surface area contributed by atoms with E-state index in [9.17, 15) is 0 Å². The number of hydrogen-bond acceptors (Lipinski definition) is 3. The van der Waals surface area contributed by atoms with Gasteiger partial charge in [0.1, 0.15) is 22.9 Å². The zero-order valence-corrected chi connectivity index (χ0v) is 18.5. The third kappa shape index (κ3) is 2.61. The Bertz CT molecular complexity index is 1830. The smallest absolute Gasteiger partial charge is 0.149 e. The highest BCUT2D eigenvalue weighted by molar-refractivity contribution is 6.25. The zero-order valence-electron chi connectivity index (χ0n) is 18.5. The lowest BCUT2D eigenvalue weighted by Crippen LogP contribution is -1.98. The fourth-order valence-corrected chi connectivity index (χ4v) is 5.04. The Morgan fingerprint density at radius 2 is 1.53 bits per heavy atom. The molecule has 0 aliphatic carbocycles. The number of methoxy groups -OCH3 is 1. The molecule has 0 fully saturated rings. The summed E-state index contributed by atoms with van der Waals surface area (Å²) in [6.45, 7) is 0. The number of ether oxygens (including phenoxy) is 1. The van der Waals surface area contributed by atoms with Crippen molar-refractivity contribution >= 4 is 43.9 Å². The van der Waals surface area contributed by atoms with Crippen molar-refractivity contribution in [2.75, 3.05) is 7.11 Å². The summed E-state index contributed by atoms with van der Waals surface area (Å²) in [4.78, 5) is 13.4. The first-order valence-electron chi connectivity index (χ1n) is 11.2. The molecule has 162 valence electrons. The molecule has 0 amide bonds. The average Bonchev–Trinajstić information content (AvgIpc) is 3.43. The van der Waals surface area contributed by atoms with Crippen LogP contribution in [0, 0.1) is 0 Å². The molecule has 0 saturated carbocycles. The van der Waals surface area contributed by atoms with Gasteiger partial charge in [0.15, 0.2) is 0 Å². The summed E-state index contributed by atoms with van der Waals surface area (Å²) in [7, 11) is 1.69. The molecule has 4 aromatic heterocycles. The van der Waals surface area contributed by atoms with Crippen LogP contribution in [0.3, 0.4) is 0 Å². The molecule has 7 aromatic rings. The van der Waals surface area contributed by atoms with Crippen LogP contribution < -0.4 is 4.74 Å². The van der Waals surface area contributed by atoms with Gasteiger partial charge in [-0.3, -0.25) is 4.57 Å². The van der Waals surface area contributed by atoms with Gasteiger partial charge in [-0.2, -0.15) is 0 Å². The molecule has 7 rings (SSSR count). The number of rotatable bonds is 3. The van der Waals surface area contributed by atoms with Crippen LogP contribution in [-0.2, 0) is 0 Å². The highest BCUT2D eigenvalue weighted by Gasteiger charge is 2.22. The molecular formula is C29H20N4O. The third-order valence-electron chi connectivity index (χ3n) is 6.51. The van der Waals surface area contributed by atoms with Crippen molar-refractivity contribution in [2.45, 2.75) is 0 Å². The second-order valence-corrected chi connectivity index (χ2v) is 8.35. The molecule has 0 bridgehead atoms. The van der Waals surface area contributed by atoms with Crippen molar-refractivity contribution in [1.82, 2.24) is 19.5 Å². The monoisotopic (exact) mass is 440 g/mol. The van der Waals surface area contributed by atoms with E-state index in [1.54, 1.807) is 7.11 Å². The topological polar surface area (TPSA) is 55.7 Å². The molecule has 5 heteroatoms. The van der Waals surface area contributed by atoms with Crippen LogP contribution in [0.2, 0.25) is 0 Å². The summed E-state index contributed by atoms with van der Waals surface area (Å²) < 4.78 is 7.59. The minimum Gasteiger partial charge on any atom is -0.497 e. The third-order valence-corrected chi connectivity index (χ3v) is 6.51. The average molecular weight is 441 g/mol. The molecule has 34 heavy (non-hydrogen) atoms. The Balaban J connectivity index is 1.74. The Morgan fingerprint density at radius 1 is 0.765 bits per heavy atom. The number of nitrogens with zero attached hydrogens (tertiary/aromatic N) is 3. The lowest BCUT2D eigenvalue weighted by Gasteiger charge is -2.10. The van der Waals surface area contributed by atoms with E-state index in [-0.39, 0.29) is 0 Å². The van der Waals surface area contributed by atoms with Crippen molar-refractivity contribution in [3.63, 3.8) is 0 Å². The number of para-hydroxylation sites is 2. The molecule has 3 aromatic carbocycles. The minimum absolute atomic E-state index is 0.833. The van der Waals surface area contributed by atoms with Crippen molar-refractivity contribution in [1.29, 1.82) is 0 Å². The van der Waals surface area contributed by atoms with Gasteiger partial charge in [-0.25, -0.2) is 9.97 Å². The fraction of sp³-hybridized carbons (Fsp3) is 0.0345. The SMILES string of the molecule is COc1ccc(-c2c3c(nc4c2c2ccccc2n4-c2ccccn2)[nH]c2ccccc23)cc1. The number of nitrogens with one attached hydrogen (secondary N) is 1. The van der Waals surface area contributed by atoms with Crippen LogP contribution in [0.5, 0.6) is 5.75 Å². The first-order chi connectivity index (χ1) is 16.8. The summed E-state index contributed by atoms with van der Waals surface area (Å²) >= 11 is 0. The van der Waals surface area contributed by atoms with Crippen LogP contribution >= 0.6 is 0 Å². The van der Waals surface area contributed by atoms with Crippen molar-refractivity contribution in [3.8, 4) is 22.7 Å².